The van der Waals surface area contributed by atoms with Crippen molar-refractivity contribution in [3.05, 3.63) is 34.9 Å². The molecule has 0 N–H and O–H groups in total. The molecule has 0 saturated carbocycles. The molecule has 0 heterocycles. The van der Waals surface area contributed by atoms with Gasteiger partial charge in [0, 0.05) is 10.9 Å². The van der Waals surface area contributed by atoms with Crippen LogP contribution in [-0.2, 0) is 5.33 Å². The first-order valence-electron chi connectivity index (χ1n) is 3.56. The Kier molecular flexibility index (Phi) is 3.38. The van der Waals surface area contributed by atoms with Crippen molar-refractivity contribution in [2.45, 2.75) is 11.8 Å². The SMILES string of the molecule is N#Cc1cc(CBr)ccc1C(F)F. The molecule has 0 aliphatic heterocycles. The van der Waals surface area contributed by atoms with Gasteiger partial charge in [0.05, 0.1) is 11.6 Å². The number of nitrogens with zero attached hydrogens (tertiary/aromatic N) is 1. The molecule has 0 radical (unpaired) electrons. The third-order valence-electron chi connectivity index (χ3n) is 1.63. The molecular weight excluding hydrogens is 240 g/mol. The maximum Gasteiger partial charge on any atom is 0.265 e. The maximum atomic E-state index is 12.3. The molecule has 0 amide bonds. The van der Waals surface area contributed by atoms with Gasteiger partial charge in [-0.3, -0.25) is 0 Å². The Labute approximate surface area is 83.1 Å². The first kappa shape index (κ1) is 10.1. The standard InChI is InChI=1S/C9H6BrF2N/c10-4-6-1-2-8(9(11)12)7(3-6)5-13/h1-3,9H,4H2. The molecule has 0 saturated heterocycles. The topological polar surface area (TPSA) is 23.8 Å². The second-order valence-corrected chi connectivity index (χ2v) is 3.03. The van der Waals surface area contributed by atoms with E-state index in [-0.39, 0.29) is 11.1 Å². The Morgan fingerprint density at radius 3 is 2.62 bits per heavy atom. The lowest BCUT2D eigenvalue weighted by Gasteiger charge is -2.03. The molecule has 0 aromatic heterocycles. The number of rotatable bonds is 2. The predicted octanol–water partition coefficient (Wildman–Crippen LogP) is 3.39. The van der Waals surface area contributed by atoms with E-state index in [0.29, 0.717) is 5.33 Å². The first-order valence-corrected chi connectivity index (χ1v) is 4.68. The van der Waals surface area contributed by atoms with E-state index in [1.165, 1.54) is 12.1 Å². The van der Waals surface area contributed by atoms with Crippen molar-refractivity contribution < 1.29 is 8.78 Å². The summed E-state index contributed by atoms with van der Waals surface area (Å²) in [7, 11) is 0. The van der Waals surface area contributed by atoms with Gasteiger partial charge in [0.15, 0.2) is 0 Å². The molecule has 1 aromatic rings. The normalized spacial score (nSPS) is 10.1. The summed E-state index contributed by atoms with van der Waals surface area (Å²) in [6.45, 7) is 0. The van der Waals surface area contributed by atoms with Crippen molar-refractivity contribution in [2.24, 2.45) is 0 Å². The second kappa shape index (κ2) is 4.33. The summed E-state index contributed by atoms with van der Waals surface area (Å²) < 4.78 is 24.6. The van der Waals surface area contributed by atoms with Gasteiger partial charge in [-0.15, -0.1) is 0 Å². The molecule has 0 aliphatic rings. The van der Waals surface area contributed by atoms with E-state index in [9.17, 15) is 8.78 Å². The fourth-order valence-corrected chi connectivity index (χ4v) is 1.32. The van der Waals surface area contributed by atoms with E-state index in [1.807, 2.05) is 0 Å². The lowest BCUT2D eigenvalue weighted by atomic mass is 10.1. The number of hydrogen-bond acceptors (Lipinski definition) is 1. The zero-order valence-electron chi connectivity index (χ0n) is 6.60. The van der Waals surface area contributed by atoms with E-state index in [0.717, 1.165) is 5.56 Å². The van der Waals surface area contributed by atoms with Gasteiger partial charge >= 0.3 is 0 Å². The van der Waals surface area contributed by atoms with Crippen LogP contribution in [0.4, 0.5) is 8.78 Å². The number of benzene rings is 1. The van der Waals surface area contributed by atoms with E-state index in [1.54, 1.807) is 12.1 Å². The van der Waals surface area contributed by atoms with Crippen LogP contribution in [0.1, 0.15) is 23.1 Å². The number of halogens is 3. The predicted molar refractivity (Wildman–Crippen MR) is 48.7 cm³/mol. The maximum absolute atomic E-state index is 12.3. The summed E-state index contributed by atoms with van der Waals surface area (Å²) >= 11 is 3.19. The smallest absolute Gasteiger partial charge is 0.205 e. The van der Waals surface area contributed by atoms with E-state index < -0.39 is 6.43 Å². The molecule has 1 nitrogen and oxygen atoms in total. The molecule has 4 heteroatoms. The van der Waals surface area contributed by atoms with Gasteiger partial charge in [-0.05, 0) is 11.6 Å². The minimum absolute atomic E-state index is 0.0481. The summed E-state index contributed by atoms with van der Waals surface area (Å²) in [4.78, 5) is 0. The van der Waals surface area contributed by atoms with Gasteiger partial charge < -0.3 is 0 Å². The van der Waals surface area contributed by atoms with Gasteiger partial charge in [-0.1, -0.05) is 28.1 Å². The largest absolute Gasteiger partial charge is 0.265 e. The molecule has 0 unspecified atom stereocenters. The molecule has 0 bridgehead atoms. The molecule has 1 aromatic carbocycles. The summed E-state index contributed by atoms with van der Waals surface area (Å²) in [5.41, 5.74) is 0.667. The van der Waals surface area contributed by atoms with E-state index >= 15 is 0 Å². The third kappa shape index (κ3) is 2.25. The van der Waals surface area contributed by atoms with Crippen LogP contribution in [0, 0.1) is 11.3 Å². The summed E-state index contributed by atoms with van der Waals surface area (Å²) in [5, 5.41) is 9.15. The van der Waals surface area contributed by atoms with Gasteiger partial charge in [0.1, 0.15) is 0 Å². The Morgan fingerprint density at radius 1 is 1.46 bits per heavy atom. The van der Waals surface area contributed by atoms with Crippen LogP contribution in [0.25, 0.3) is 0 Å². The Bertz CT molecular complexity index is 344. The minimum atomic E-state index is -2.58. The Hall–Kier alpha value is -0.950. The first-order chi connectivity index (χ1) is 6.19. The fraction of sp³-hybridized carbons (Fsp3) is 0.222. The summed E-state index contributed by atoms with van der Waals surface area (Å²) in [5.74, 6) is 0. The Morgan fingerprint density at radius 2 is 2.15 bits per heavy atom. The average Bonchev–Trinajstić information content (AvgIpc) is 2.16. The van der Waals surface area contributed by atoms with Crippen LogP contribution in [0.15, 0.2) is 18.2 Å². The lowest BCUT2D eigenvalue weighted by Crippen LogP contribution is -1.91. The van der Waals surface area contributed by atoms with Crippen LogP contribution in [0.3, 0.4) is 0 Å². The van der Waals surface area contributed by atoms with Gasteiger partial charge in [-0.2, -0.15) is 5.26 Å². The highest BCUT2D eigenvalue weighted by atomic mass is 79.9. The quantitative estimate of drug-likeness (QED) is 0.733. The van der Waals surface area contributed by atoms with Gasteiger partial charge in [0.25, 0.3) is 6.43 Å². The van der Waals surface area contributed by atoms with Crippen molar-refractivity contribution >= 4 is 15.9 Å². The fourth-order valence-electron chi connectivity index (χ4n) is 0.974. The van der Waals surface area contributed by atoms with Crippen LogP contribution >= 0.6 is 15.9 Å². The van der Waals surface area contributed by atoms with Gasteiger partial charge in [-0.25, -0.2) is 8.78 Å². The van der Waals surface area contributed by atoms with E-state index in [2.05, 4.69) is 15.9 Å². The van der Waals surface area contributed by atoms with Gasteiger partial charge in [0.2, 0.25) is 0 Å². The Balaban J connectivity index is 3.18. The highest BCUT2D eigenvalue weighted by Gasteiger charge is 2.12. The van der Waals surface area contributed by atoms with Crippen molar-refractivity contribution in [2.75, 3.05) is 0 Å². The third-order valence-corrected chi connectivity index (χ3v) is 2.28. The molecule has 0 spiro atoms. The highest BCUT2D eigenvalue weighted by molar-refractivity contribution is 9.08. The average molecular weight is 246 g/mol. The van der Waals surface area contributed by atoms with Crippen molar-refractivity contribution in [1.82, 2.24) is 0 Å². The number of hydrogen-bond donors (Lipinski definition) is 0. The highest BCUT2D eigenvalue weighted by Crippen LogP contribution is 2.23. The minimum Gasteiger partial charge on any atom is -0.205 e. The van der Waals surface area contributed by atoms with Crippen LogP contribution in [0.5, 0.6) is 0 Å². The van der Waals surface area contributed by atoms with Crippen LogP contribution < -0.4 is 0 Å². The second-order valence-electron chi connectivity index (χ2n) is 2.47. The molecule has 0 aliphatic carbocycles. The van der Waals surface area contributed by atoms with Crippen LogP contribution in [-0.4, -0.2) is 0 Å². The van der Waals surface area contributed by atoms with Crippen LogP contribution in [0.2, 0.25) is 0 Å². The molecule has 1 rings (SSSR count). The molecule has 0 fully saturated rings. The van der Waals surface area contributed by atoms with Crippen molar-refractivity contribution in [3.63, 3.8) is 0 Å². The summed E-state index contributed by atoms with van der Waals surface area (Å²) in [6, 6.07) is 6.09. The van der Waals surface area contributed by atoms with Crippen molar-refractivity contribution in [1.29, 1.82) is 5.26 Å². The molecule has 68 valence electrons. The lowest BCUT2D eigenvalue weighted by molar-refractivity contribution is 0.151. The monoisotopic (exact) mass is 245 g/mol. The molecule has 13 heavy (non-hydrogen) atoms. The molecule has 0 atom stereocenters. The van der Waals surface area contributed by atoms with E-state index in [4.69, 9.17) is 5.26 Å². The summed E-state index contributed by atoms with van der Waals surface area (Å²) in [6.07, 6.45) is -2.58. The number of nitriles is 1. The molecular formula is C9H6BrF2N. The number of alkyl halides is 3. The zero-order valence-corrected chi connectivity index (χ0v) is 8.18. The van der Waals surface area contributed by atoms with Crippen molar-refractivity contribution in [3.8, 4) is 6.07 Å². The zero-order chi connectivity index (χ0) is 9.84.